The average Bonchev–Trinajstić information content (AvgIpc) is 2.40. The van der Waals surface area contributed by atoms with Gasteiger partial charge in [0.25, 0.3) is 0 Å². The highest BCUT2D eigenvalue weighted by molar-refractivity contribution is 9.10. The standard InChI is InChI=1S/C18H27BrO2/c1-17(2,3)14-7-9-18(20,10-8-14)12-13-11-15(21-4)5-6-16(13)19/h5-6,11,14,20H,7-10,12H2,1-4H3. The molecule has 1 aliphatic carbocycles. The van der Waals surface area contributed by atoms with Gasteiger partial charge in [0.15, 0.2) is 0 Å². The molecule has 2 nitrogen and oxygen atoms in total. The predicted octanol–water partition coefficient (Wildman–Crippen LogP) is 4.97. The smallest absolute Gasteiger partial charge is 0.119 e. The fraction of sp³-hybridized carbons (Fsp3) is 0.667. The number of ether oxygens (including phenoxy) is 1. The summed E-state index contributed by atoms with van der Waals surface area (Å²) in [5, 5.41) is 10.9. The summed E-state index contributed by atoms with van der Waals surface area (Å²) < 4.78 is 6.34. The maximum atomic E-state index is 10.9. The van der Waals surface area contributed by atoms with Crippen molar-refractivity contribution in [2.75, 3.05) is 7.11 Å². The van der Waals surface area contributed by atoms with Gasteiger partial charge < -0.3 is 9.84 Å². The number of rotatable bonds is 3. The van der Waals surface area contributed by atoms with Gasteiger partial charge in [0.1, 0.15) is 5.75 Å². The molecule has 2 rings (SSSR count). The molecule has 0 atom stereocenters. The van der Waals surface area contributed by atoms with Crippen molar-refractivity contribution in [3.05, 3.63) is 28.2 Å². The van der Waals surface area contributed by atoms with Gasteiger partial charge in [-0.1, -0.05) is 36.7 Å². The minimum atomic E-state index is -0.573. The minimum Gasteiger partial charge on any atom is -0.497 e. The number of aliphatic hydroxyl groups is 1. The SMILES string of the molecule is COc1ccc(Br)c(CC2(O)CCC(C(C)(C)C)CC2)c1. The number of benzene rings is 1. The number of halogens is 1. The number of methoxy groups -OCH3 is 1. The van der Waals surface area contributed by atoms with Crippen molar-refractivity contribution < 1.29 is 9.84 Å². The zero-order valence-corrected chi connectivity index (χ0v) is 15.2. The summed E-state index contributed by atoms with van der Waals surface area (Å²) in [4.78, 5) is 0. The molecule has 1 aliphatic rings. The van der Waals surface area contributed by atoms with E-state index in [4.69, 9.17) is 4.74 Å². The van der Waals surface area contributed by atoms with Crippen molar-refractivity contribution in [1.29, 1.82) is 0 Å². The lowest BCUT2D eigenvalue weighted by Crippen LogP contribution is -2.39. The van der Waals surface area contributed by atoms with Gasteiger partial charge in [-0.05, 0) is 60.8 Å². The lowest BCUT2D eigenvalue weighted by molar-refractivity contribution is -0.0246. The van der Waals surface area contributed by atoms with Crippen LogP contribution in [0.4, 0.5) is 0 Å². The second kappa shape index (κ2) is 6.29. The molecule has 21 heavy (non-hydrogen) atoms. The summed E-state index contributed by atoms with van der Waals surface area (Å²) >= 11 is 3.59. The summed E-state index contributed by atoms with van der Waals surface area (Å²) in [6.45, 7) is 6.92. The number of hydrogen-bond acceptors (Lipinski definition) is 2. The molecule has 0 bridgehead atoms. The Kier molecular flexibility index (Phi) is 5.04. The van der Waals surface area contributed by atoms with Crippen LogP contribution in [0, 0.1) is 11.3 Å². The third-order valence-electron chi connectivity index (χ3n) is 4.91. The van der Waals surface area contributed by atoms with E-state index in [0.29, 0.717) is 17.8 Å². The van der Waals surface area contributed by atoms with Crippen LogP contribution in [0.25, 0.3) is 0 Å². The van der Waals surface area contributed by atoms with Crippen LogP contribution in [0.2, 0.25) is 0 Å². The third kappa shape index (κ3) is 4.23. The monoisotopic (exact) mass is 354 g/mol. The Balaban J connectivity index is 2.07. The molecule has 1 N–H and O–H groups in total. The zero-order chi connectivity index (χ0) is 15.7. The molecule has 0 radical (unpaired) electrons. The molecular formula is C18H27BrO2. The molecule has 1 saturated carbocycles. The van der Waals surface area contributed by atoms with E-state index in [2.05, 4.69) is 36.7 Å². The van der Waals surface area contributed by atoms with E-state index in [-0.39, 0.29) is 0 Å². The first kappa shape index (κ1) is 16.8. The van der Waals surface area contributed by atoms with Crippen molar-refractivity contribution in [2.45, 2.75) is 58.5 Å². The van der Waals surface area contributed by atoms with Crippen LogP contribution in [0.3, 0.4) is 0 Å². The molecule has 1 aromatic carbocycles. The molecule has 0 spiro atoms. The van der Waals surface area contributed by atoms with Crippen molar-refractivity contribution >= 4 is 15.9 Å². The van der Waals surface area contributed by atoms with E-state index in [1.807, 2.05) is 18.2 Å². The van der Waals surface area contributed by atoms with Crippen LogP contribution in [-0.4, -0.2) is 17.8 Å². The Bertz CT molecular complexity index is 482. The molecule has 0 heterocycles. The lowest BCUT2D eigenvalue weighted by atomic mass is 9.67. The van der Waals surface area contributed by atoms with Gasteiger partial charge >= 0.3 is 0 Å². The summed E-state index contributed by atoms with van der Waals surface area (Å²) in [5.41, 5.74) is 0.903. The van der Waals surface area contributed by atoms with E-state index in [1.54, 1.807) is 7.11 Å². The van der Waals surface area contributed by atoms with E-state index in [1.165, 1.54) is 0 Å². The molecular weight excluding hydrogens is 328 g/mol. The van der Waals surface area contributed by atoms with Crippen LogP contribution in [0.5, 0.6) is 5.75 Å². The van der Waals surface area contributed by atoms with Crippen LogP contribution < -0.4 is 4.74 Å². The Morgan fingerprint density at radius 3 is 2.43 bits per heavy atom. The second-order valence-corrected chi connectivity index (χ2v) is 8.35. The Morgan fingerprint density at radius 1 is 1.29 bits per heavy atom. The largest absolute Gasteiger partial charge is 0.497 e. The maximum Gasteiger partial charge on any atom is 0.119 e. The van der Waals surface area contributed by atoms with Gasteiger partial charge in [0.2, 0.25) is 0 Å². The Labute approximate surface area is 137 Å². The van der Waals surface area contributed by atoms with Gasteiger partial charge in [0, 0.05) is 10.9 Å². The fourth-order valence-corrected chi connectivity index (χ4v) is 3.75. The van der Waals surface area contributed by atoms with Gasteiger partial charge in [-0.25, -0.2) is 0 Å². The normalized spacial score (nSPS) is 26.7. The van der Waals surface area contributed by atoms with Crippen LogP contribution in [0.1, 0.15) is 52.0 Å². The van der Waals surface area contributed by atoms with Gasteiger partial charge in [0.05, 0.1) is 12.7 Å². The van der Waals surface area contributed by atoms with Gasteiger partial charge in [-0.3, -0.25) is 0 Å². The lowest BCUT2D eigenvalue weighted by Gasteiger charge is -2.41. The Morgan fingerprint density at radius 2 is 1.90 bits per heavy atom. The summed E-state index contributed by atoms with van der Waals surface area (Å²) in [5.74, 6) is 1.56. The fourth-order valence-electron chi connectivity index (χ4n) is 3.37. The molecule has 0 aliphatic heterocycles. The van der Waals surface area contributed by atoms with Crippen LogP contribution in [-0.2, 0) is 6.42 Å². The molecule has 1 aromatic rings. The average molecular weight is 355 g/mol. The van der Waals surface area contributed by atoms with Crippen LogP contribution in [0.15, 0.2) is 22.7 Å². The highest BCUT2D eigenvalue weighted by Gasteiger charge is 2.37. The number of hydrogen-bond donors (Lipinski definition) is 1. The van der Waals surface area contributed by atoms with E-state index >= 15 is 0 Å². The van der Waals surface area contributed by atoms with Crippen molar-refractivity contribution in [3.8, 4) is 5.75 Å². The highest BCUT2D eigenvalue weighted by atomic mass is 79.9. The second-order valence-electron chi connectivity index (χ2n) is 7.50. The molecule has 1 fully saturated rings. The predicted molar refractivity (Wildman–Crippen MR) is 90.8 cm³/mol. The summed E-state index contributed by atoms with van der Waals surface area (Å²) in [6, 6.07) is 5.96. The third-order valence-corrected chi connectivity index (χ3v) is 5.69. The van der Waals surface area contributed by atoms with E-state index < -0.39 is 5.60 Å². The van der Waals surface area contributed by atoms with Gasteiger partial charge in [-0.2, -0.15) is 0 Å². The van der Waals surface area contributed by atoms with Crippen molar-refractivity contribution in [3.63, 3.8) is 0 Å². The molecule has 118 valence electrons. The first-order valence-corrected chi connectivity index (χ1v) is 8.58. The summed E-state index contributed by atoms with van der Waals surface area (Å²) in [7, 11) is 1.68. The van der Waals surface area contributed by atoms with Crippen molar-refractivity contribution in [1.82, 2.24) is 0 Å². The highest BCUT2D eigenvalue weighted by Crippen LogP contribution is 2.43. The van der Waals surface area contributed by atoms with Crippen molar-refractivity contribution in [2.24, 2.45) is 11.3 Å². The minimum absolute atomic E-state index is 0.345. The quantitative estimate of drug-likeness (QED) is 0.830. The molecule has 0 saturated heterocycles. The van der Waals surface area contributed by atoms with E-state index in [0.717, 1.165) is 41.5 Å². The maximum absolute atomic E-state index is 10.9. The molecule has 3 heteroatoms. The zero-order valence-electron chi connectivity index (χ0n) is 13.6. The Hall–Kier alpha value is -0.540. The first-order valence-electron chi connectivity index (χ1n) is 7.78. The molecule has 0 unspecified atom stereocenters. The molecule has 0 amide bonds. The van der Waals surface area contributed by atoms with E-state index in [9.17, 15) is 5.11 Å². The molecule has 0 aromatic heterocycles. The summed E-state index contributed by atoms with van der Waals surface area (Å²) in [6.07, 6.45) is 4.70. The van der Waals surface area contributed by atoms with Crippen LogP contribution >= 0.6 is 15.9 Å². The first-order chi connectivity index (χ1) is 9.73. The van der Waals surface area contributed by atoms with Gasteiger partial charge in [-0.15, -0.1) is 0 Å². The topological polar surface area (TPSA) is 29.5 Å².